The van der Waals surface area contributed by atoms with E-state index in [1.54, 1.807) is 0 Å². The summed E-state index contributed by atoms with van der Waals surface area (Å²) in [5.41, 5.74) is 0. The van der Waals surface area contributed by atoms with E-state index >= 15 is 0 Å². The van der Waals surface area contributed by atoms with Gasteiger partial charge in [0.05, 0.1) is 6.61 Å². The molecule has 2 nitrogen and oxygen atoms in total. The molecular weight excluding hydrogens is 344 g/mol. The van der Waals surface area contributed by atoms with E-state index in [-0.39, 0.29) is 1.61 Å². The average molecular weight is 353 g/mol. The zero-order valence-electron chi connectivity index (χ0n) is 5.23. The second-order valence-corrected chi connectivity index (χ2v) is 7.77. The van der Waals surface area contributed by atoms with Crippen LogP contribution in [0.3, 0.4) is 0 Å². The van der Waals surface area contributed by atoms with Gasteiger partial charge >= 0.3 is 0 Å². The molecule has 0 aliphatic carbocycles. The largest absolute Gasteiger partial charge is 0.353 e. The molecule has 54 valence electrons. The van der Waals surface area contributed by atoms with E-state index in [0.29, 0.717) is 0 Å². The first-order chi connectivity index (χ1) is 4.10. The Kier molecular flexibility index (Phi) is 3.00. The maximum atomic E-state index is 5.47. The van der Waals surface area contributed by atoms with Crippen LogP contribution in [0.2, 0.25) is 0 Å². The van der Waals surface area contributed by atoms with Crippen LogP contribution >= 0.6 is 45.2 Å². The van der Waals surface area contributed by atoms with E-state index in [1.807, 2.05) is 0 Å². The first kappa shape index (κ1) is 8.48. The van der Waals surface area contributed by atoms with E-state index in [9.17, 15) is 0 Å². The number of rotatable bonds is 0. The van der Waals surface area contributed by atoms with Crippen molar-refractivity contribution in [1.29, 1.82) is 0 Å². The number of halogens is 2. The summed E-state index contributed by atoms with van der Waals surface area (Å²) >= 11 is 4.66. The lowest BCUT2D eigenvalue weighted by Crippen LogP contribution is -2.42. The second-order valence-electron chi connectivity index (χ2n) is 2.22. The molecule has 1 fully saturated rings. The van der Waals surface area contributed by atoms with E-state index in [2.05, 4.69) is 57.1 Å². The molecule has 0 bridgehead atoms. The van der Waals surface area contributed by atoms with Crippen LogP contribution < -0.4 is 0 Å². The molecule has 9 heavy (non-hydrogen) atoms. The van der Waals surface area contributed by atoms with Gasteiger partial charge in [-0.15, -0.1) is 0 Å². The summed E-state index contributed by atoms with van der Waals surface area (Å²) in [6.45, 7) is 2.95. The maximum Gasteiger partial charge on any atom is 0.182 e. The van der Waals surface area contributed by atoms with E-state index in [1.165, 1.54) is 0 Å². The Hall–Kier alpha value is 1.38. The molecule has 1 heterocycles. The number of morpholine rings is 1. The van der Waals surface area contributed by atoms with Gasteiger partial charge in [0, 0.05) is 13.1 Å². The third kappa shape index (κ3) is 2.85. The Morgan fingerprint density at radius 2 is 2.22 bits per heavy atom. The summed E-state index contributed by atoms with van der Waals surface area (Å²) in [6, 6.07) is 0. The number of nitrogens with zero attached hydrogens (tertiary/aromatic N) is 1. The Balaban J connectivity index is 2.41. The van der Waals surface area contributed by atoms with Crippen molar-refractivity contribution in [1.82, 2.24) is 4.90 Å². The van der Waals surface area contributed by atoms with Gasteiger partial charge in [-0.2, -0.15) is 0 Å². The molecule has 1 saturated heterocycles. The SMILES string of the molecule is CN1CCOC(I)(I)C1. The zero-order chi connectivity index (χ0) is 6.91. The van der Waals surface area contributed by atoms with Crippen molar-refractivity contribution >= 4 is 45.2 Å². The Morgan fingerprint density at radius 3 is 2.56 bits per heavy atom. The second kappa shape index (κ2) is 3.19. The van der Waals surface area contributed by atoms with Crippen molar-refractivity contribution in [2.45, 2.75) is 1.61 Å². The van der Waals surface area contributed by atoms with Gasteiger partial charge in [0.25, 0.3) is 0 Å². The minimum absolute atomic E-state index is 0.0164. The zero-order valence-corrected chi connectivity index (χ0v) is 9.55. The molecule has 0 spiro atoms. The normalized spacial score (nSPS) is 28.3. The Labute approximate surface area is 82.6 Å². The topological polar surface area (TPSA) is 12.5 Å². The lowest BCUT2D eigenvalue weighted by molar-refractivity contribution is 0.0292. The fourth-order valence-corrected chi connectivity index (χ4v) is 2.39. The smallest absolute Gasteiger partial charge is 0.182 e. The molecule has 0 radical (unpaired) electrons. The van der Waals surface area contributed by atoms with Gasteiger partial charge in [0.15, 0.2) is 1.61 Å². The summed E-state index contributed by atoms with van der Waals surface area (Å²) in [5, 5.41) is 0. The van der Waals surface area contributed by atoms with Crippen LogP contribution in [0.4, 0.5) is 0 Å². The van der Waals surface area contributed by atoms with Crippen LogP contribution in [0.1, 0.15) is 0 Å². The van der Waals surface area contributed by atoms with Crippen LogP contribution in [0, 0.1) is 0 Å². The molecule has 0 saturated carbocycles. The molecule has 4 heteroatoms. The molecule has 1 aliphatic rings. The summed E-state index contributed by atoms with van der Waals surface area (Å²) in [7, 11) is 2.12. The minimum atomic E-state index is 0.0164. The van der Waals surface area contributed by atoms with Crippen molar-refractivity contribution < 1.29 is 4.74 Å². The van der Waals surface area contributed by atoms with Gasteiger partial charge in [-0.25, -0.2) is 0 Å². The van der Waals surface area contributed by atoms with Gasteiger partial charge in [-0.1, -0.05) is 0 Å². The number of hydrogen-bond acceptors (Lipinski definition) is 2. The summed E-state index contributed by atoms with van der Waals surface area (Å²) in [4.78, 5) is 2.28. The number of ether oxygens (including phenoxy) is 1. The number of likely N-dealkylation sites (N-methyl/N-ethyl adjacent to an activating group) is 1. The van der Waals surface area contributed by atoms with Crippen LogP contribution in [0.25, 0.3) is 0 Å². The van der Waals surface area contributed by atoms with Crippen molar-refractivity contribution in [3.05, 3.63) is 0 Å². The Bertz CT molecular complexity index is 107. The summed E-state index contributed by atoms with van der Waals surface area (Å²) in [6.07, 6.45) is 0. The minimum Gasteiger partial charge on any atom is -0.353 e. The van der Waals surface area contributed by atoms with Gasteiger partial charge in [-0.05, 0) is 52.2 Å². The summed E-state index contributed by atoms with van der Waals surface area (Å²) in [5.74, 6) is 0. The van der Waals surface area contributed by atoms with E-state index in [4.69, 9.17) is 4.74 Å². The molecule has 0 aromatic carbocycles. The van der Waals surface area contributed by atoms with E-state index in [0.717, 1.165) is 19.7 Å². The van der Waals surface area contributed by atoms with Gasteiger partial charge in [-0.3, -0.25) is 4.90 Å². The first-order valence-electron chi connectivity index (χ1n) is 2.80. The molecule has 0 aromatic heterocycles. The van der Waals surface area contributed by atoms with Gasteiger partial charge in [0.1, 0.15) is 0 Å². The Morgan fingerprint density at radius 1 is 1.56 bits per heavy atom. The lowest BCUT2D eigenvalue weighted by atomic mass is 10.5. The number of alkyl halides is 2. The first-order valence-corrected chi connectivity index (χ1v) is 4.96. The fraction of sp³-hybridized carbons (Fsp3) is 1.00. The average Bonchev–Trinajstić information content (AvgIpc) is 1.60. The molecule has 0 atom stereocenters. The third-order valence-electron chi connectivity index (χ3n) is 1.24. The van der Waals surface area contributed by atoms with Crippen LogP contribution in [0.15, 0.2) is 0 Å². The lowest BCUT2D eigenvalue weighted by Gasteiger charge is -2.32. The molecule has 1 aliphatic heterocycles. The van der Waals surface area contributed by atoms with Crippen molar-refractivity contribution in [3.8, 4) is 0 Å². The monoisotopic (exact) mass is 353 g/mol. The standard InChI is InChI=1S/C5H9I2NO/c1-8-2-3-9-5(6,7)4-8/h2-4H2,1H3. The van der Waals surface area contributed by atoms with Crippen molar-refractivity contribution in [2.24, 2.45) is 0 Å². The molecule has 0 N–H and O–H groups in total. The van der Waals surface area contributed by atoms with Crippen LogP contribution in [-0.2, 0) is 4.74 Å². The highest BCUT2D eigenvalue weighted by Crippen LogP contribution is 2.31. The number of hydrogen-bond donors (Lipinski definition) is 0. The molecule has 1 rings (SSSR count). The molecular formula is C5H9I2NO. The van der Waals surface area contributed by atoms with Gasteiger partial charge in [0.2, 0.25) is 0 Å². The highest BCUT2D eigenvalue weighted by Gasteiger charge is 2.28. The summed E-state index contributed by atoms with van der Waals surface area (Å²) < 4.78 is 5.48. The highest BCUT2D eigenvalue weighted by atomic mass is 127. The van der Waals surface area contributed by atoms with Gasteiger partial charge < -0.3 is 4.74 Å². The highest BCUT2D eigenvalue weighted by molar-refractivity contribution is 14.2. The maximum absolute atomic E-state index is 5.47. The predicted molar refractivity (Wildman–Crippen MR) is 54.2 cm³/mol. The predicted octanol–water partition coefficient (Wildman–Crippen LogP) is 1.47. The molecule has 0 amide bonds. The fourth-order valence-electron chi connectivity index (χ4n) is 0.790. The third-order valence-corrected chi connectivity index (χ3v) is 2.55. The molecule has 0 unspecified atom stereocenters. The van der Waals surface area contributed by atoms with Crippen LogP contribution in [0.5, 0.6) is 0 Å². The molecule has 0 aromatic rings. The van der Waals surface area contributed by atoms with Crippen molar-refractivity contribution in [2.75, 3.05) is 26.7 Å². The van der Waals surface area contributed by atoms with Crippen molar-refractivity contribution in [3.63, 3.8) is 0 Å². The van der Waals surface area contributed by atoms with E-state index < -0.39 is 0 Å². The quantitative estimate of drug-likeness (QED) is 0.483. The van der Waals surface area contributed by atoms with Crippen LogP contribution in [-0.4, -0.2) is 33.3 Å².